The molecule has 2 aliphatic rings. The predicted molar refractivity (Wildman–Crippen MR) is 190 cm³/mol. The van der Waals surface area contributed by atoms with Crippen molar-refractivity contribution >= 4 is 18.7 Å². The maximum absolute atomic E-state index is 15.0. The number of aromatic nitrogens is 1. The van der Waals surface area contributed by atoms with Crippen molar-refractivity contribution in [2.24, 2.45) is 4.99 Å². The molecular formula is C41H37BF2N3O. The third-order valence-corrected chi connectivity index (χ3v) is 9.59. The molecule has 4 aromatic rings. The lowest BCUT2D eigenvalue weighted by atomic mass is 9.89. The van der Waals surface area contributed by atoms with Gasteiger partial charge in [-0.1, -0.05) is 78.3 Å². The minimum absolute atomic E-state index is 0.386. The first-order chi connectivity index (χ1) is 22.7. The molecule has 0 unspecified atom stereocenters. The molecule has 0 aliphatic carbocycles. The molecule has 0 atom stereocenters. The summed E-state index contributed by atoms with van der Waals surface area (Å²) in [5.74, 6) is 13.0. The van der Waals surface area contributed by atoms with E-state index in [9.17, 15) is 13.8 Å². The van der Waals surface area contributed by atoms with Gasteiger partial charge in [-0.3, -0.25) is 13.6 Å². The monoisotopic (exact) mass is 636 g/mol. The third-order valence-electron chi connectivity index (χ3n) is 9.59. The zero-order valence-electron chi connectivity index (χ0n) is 28.6. The molecule has 0 amide bonds. The number of hydrogen-bond acceptors (Lipinski definition) is 2. The standard InChI is InChI=1S/C41H37BF2N3O/c1-26-33(22-20-31-21-24-35-36(25-31)41(7,8)47(48)40(35,5)6)28(3)45-38(26)37(32-17-13-10-14-18-32)39-27(2)34(29(4)46(39)42(43)44)23-19-30-15-11-9-12-16-30/h9-18,21,24-25H,1-8H3/b38-37-. The molecule has 48 heavy (non-hydrogen) atoms. The highest BCUT2D eigenvalue weighted by molar-refractivity contribution is 6.41. The molecule has 1 aromatic heterocycles. The summed E-state index contributed by atoms with van der Waals surface area (Å²) in [4.78, 5) is 4.98. The van der Waals surface area contributed by atoms with Crippen molar-refractivity contribution in [1.29, 1.82) is 0 Å². The average molecular weight is 637 g/mol. The van der Waals surface area contributed by atoms with Crippen LogP contribution in [0.25, 0.3) is 5.57 Å². The van der Waals surface area contributed by atoms with E-state index in [0.717, 1.165) is 48.5 Å². The van der Waals surface area contributed by atoms with Gasteiger partial charge in [0.2, 0.25) is 0 Å². The number of hydroxylamine groups is 2. The molecule has 0 saturated carbocycles. The molecule has 0 N–H and O–H groups in total. The van der Waals surface area contributed by atoms with Crippen LogP contribution in [-0.4, -0.2) is 22.7 Å². The second kappa shape index (κ2) is 12.3. The second-order valence-electron chi connectivity index (χ2n) is 13.4. The molecule has 2 aliphatic heterocycles. The first-order valence-corrected chi connectivity index (χ1v) is 16.0. The Morgan fingerprint density at radius 3 is 2.00 bits per heavy atom. The topological polar surface area (TPSA) is 40.4 Å². The number of hydrogen-bond donors (Lipinski definition) is 0. The number of allylic oxidation sites excluding steroid dienone is 2. The highest BCUT2D eigenvalue weighted by Gasteiger charge is 2.50. The Bertz CT molecular complexity index is 2170. The van der Waals surface area contributed by atoms with Crippen LogP contribution in [0, 0.1) is 37.5 Å². The van der Waals surface area contributed by atoms with Crippen LogP contribution in [-0.2, 0) is 16.3 Å². The maximum Gasteiger partial charge on any atom is 0.677 e. The molecule has 0 spiro atoms. The summed E-state index contributed by atoms with van der Waals surface area (Å²) in [6.07, 6.45) is 0. The van der Waals surface area contributed by atoms with Crippen molar-refractivity contribution in [3.05, 3.63) is 146 Å². The Hall–Kier alpha value is -4.95. The van der Waals surface area contributed by atoms with Crippen molar-refractivity contribution in [1.82, 2.24) is 9.54 Å². The maximum atomic E-state index is 15.0. The average Bonchev–Trinajstić information content (AvgIpc) is 3.53. The van der Waals surface area contributed by atoms with Gasteiger partial charge in [0.1, 0.15) is 0 Å². The van der Waals surface area contributed by atoms with E-state index in [0.29, 0.717) is 39.5 Å². The van der Waals surface area contributed by atoms with E-state index in [-0.39, 0.29) is 0 Å². The number of rotatable bonds is 3. The summed E-state index contributed by atoms with van der Waals surface area (Å²) < 4.78 is 31.1. The zero-order valence-corrected chi connectivity index (χ0v) is 28.6. The van der Waals surface area contributed by atoms with Crippen LogP contribution in [0.1, 0.15) is 91.9 Å². The van der Waals surface area contributed by atoms with Crippen LogP contribution in [0.3, 0.4) is 0 Å². The van der Waals surface area contributed by atoms with Gasteiger partial charge in [0, 0.05) is 33.7 Å². The molecule has 0 bridgehead atoms. The first-order valence-electron chi connectivity index (χ1n) is 16.0. The third kappa shape index (κ3) is 5.44. The van der Waals surface area contributed by atoms with Gasteiger partial charge in [-0.25, -0.2) is 0 Å². The molecule has 0 saturated heterocycles. The lowest BCUT2D eigenvalue weighted by molar-refractivity contribution is -0.266. The molecule has 3 aromatic carbocycles. The highest BCUT2D eigenvalue weighted by Crippen LogP contribution is 2.48. The van der Waals surface area contributed by atoms with Gasteiger partial charge < -0.3 is 4.48 Å². The predicted octanol–water partition coefficient (Wildman–Crippen LogP) is 9.01. The van der Waals surface area contributed by atoms with E-state index in [1.54, 1.807) is 6.92 Å². The van der Waals surface area contributed by atoms with Gasteiger partial charge in [-0.2, -0.15) is 0 Å². The minimum Gasteiger partial charge on any atom is -0.328 e. The van der Waals surface area contributed by atoms with E-state index in [1.807, 2.05) is 127 Å². The van der Waals surface area contributed by atoms with Crippen LogP contribution in [0.4, 0.5) is 8.63 Å². The number of benzene rings is 3. The van der Waals surface area contributed by atoms with Crippen molar-refractivity contribution < 1.29 is 13.8 Å². The highest BCUT2D eigenvalue weighted by atomic mass is 19.2. The van der Waals surface area contributed by atoms with Gasteiger partial charge in [0.15, 0.2) is 0 Å². The van der Waals surface area contributed by atoms with Crippen molar-refractivity contribution in [3.8, 4) is 23.7 Å². The normalized spacial score (nSPS) is 17.3. The molecule has 1 radical (unpaired) electrons. The van der Waals surface area contributed by atoms with Crippen molar-refractivity contribution in [3.63, 3.8) is 0 Å². The van der Waals surface area contributed by atoms with Crippen LogP contribution in [0.5, 0.6) is 0 Å². The molecule has 3 heterocycles. The largest absolute Gasteiger partial charge is 0.677 e. The van der Waals surface area contributed by atoms with E-state index >= 15 is 0 Å². The Labute approximate surface area is 282 Å². The molecule has 239 valence electrons. The summed E-state index contributed by atoms with van der Waals surface area (Å²) in [5, 5.41) is 14.3. The summed E-state index contributed by atoms with van der Waals surface area (Å²) in [6, 6.07) is 25.0. The zero-order chi connectivity index (χ0) is 34.5. The van der Waals surface area contributed by atoms with E-state index in [1.165, 1.54) is 0 Å². The summed E-state index contributed by atoms with van der Waals surface area (Å²) in [6.45, 7) is 15.1. The van der Waals surface area contributed by atoms with E-state index in [2.05, 4.69) is 23.7 Å². The summed E-state index contributed by atoms with van der Waals surface area (Å²) >= 11 is 0. The fourth-order valence-corrected chi connectivity index (χ4v) is 7.08. The van der Waals surface area contributed by atoms with Gasteiger partial charge >= 0.3 is 7.40 Å². The molecule has 0 fully saturated rings. The fraction of sp³-hybridized carbons (Fsp3) is 0.244. The Morgan fingerprint density at radius 1 is 0.750 bits per heavy atom. The van der Waals surface area contributed by atoms with Crippen LogP contribution < -0.4 is 0 Å². The lowest BCUT2D eigenvalue weighted by Crippen LogP contribution is -2.41. The summed E-state index contributed by atoms with van der Waals surface area (Å²) in [7, 11) is -2.79. The number of halogens is 2. The van der Waals surface area contributed by atoms with Gasteiger partial charge in [0.25, 0.3) is 0 Å². The van der Waals surface area contributed by atoms with Crippen molar-refractivity contribution in [2.75, 3.05) is 0 Å². The SMILES string of the molecule is CC1=N/C(=C(/c2ccccc2)c2c(C)c(C#Cc3ccccc3)c(C)n2B(F)F)C(C)=C1C#Cc1ccc2c(c1)C(C)(C)N([O])C2(C)C. The minimum atomic E-state index is -2.79. The number of aliphatic imine (C=N–C) groups is 1. The molecular weight excluding hydrogens is 599 g/mol. The summed E-state index contributed by atoms with van der Waals surface area (Å²) in [5.41, 5.74) is 8.52. The molecule has 6 rings (SSSR count). The van der Waals surface area contributed by atoms with Gasteiger partial charge in [-0.15, -0.1) is 10.3 Å². The Morgan fingerprint density at radius 2 is 1.35 bits per heavy atom. The van der Waals surface area contributed by atoms with Crippen LogP contribution >= 0.6 is 0 Å². The Kier molecular flexibility index (Phi) is 8.42. The smallest absolute Gasteiger partial charge is 0.328 e. The Balaban J connectivity index is 1.53. The van der Waals surface area contributed by atoms with E-state index in [4.69, 9.17) is 4.99 Å². The first kappa shape index (κ1) is 33.0. The van der Waals surface area contributed by atoms with Crippen LogP contribution in [0.2, 0.25) is 0 Å². The number of nitrogens with zero attached hydrogens (tertiary/aromatic N) is 3. The number of fused-ring (bicyclic) bond motifs is 1. The van der Waals surface area contributed by atoms with Crippen LogP contribution in [0.15, 0.2) is 101 Å². The lowest BCUT2D eigenvalue weighted by Gasteiger charge is -2.32. The second-order valence-corrected chi connectivity index (χ2v) is 13.4. The van der Waals surface area contributed by atoms with E-state index < -0.39 is 18.5 Å². The molecule has 4 nitrogen and oxygen atoms in total. The molecule has 7 heteroatoms. The van der Waals surface area contributed by atoms with Gasteiger partial charge in [0.05, 0.1) is 28.1 Å². The fourth-order valence-electron chi connectivity index (χ4n) is 7.08. The quantitative estimate of drug-likeness (QED) is 0.164. The van der Waals surface area contributed by atoms with Gasteiger partial charge in [-0.05, 0) is 107 Å². The van der Waals surface area contributed by atoms with Crippen molar-refractivity contribution in [2.45, 2.75) is 66.5 Å².